The van der Waals surface area contributed by atoms with E-state index < -0.39 is 0 Å². The zero-order valence-electron chi connectivity index (χ0n) is 14.8. The Morgan fingerprint density at radius 1 is 1.16 bits per heavy atom. The maximum absolute atomic E-state index is 11.5. The third kappa shape index (κ3) is 3.99. The van der Waals surface area contributed by atoms with Crippen LogP contribution >= 0.6 is 0 Å². The first-order chi connectivity index (χ1) is 12.1. The number of methoxy groups -OCH3 is 1. The van der Waals surface area contributed by atoms with E-state index in [1.807, 2.05) is 42.2 Å². The number of para-hydroxylation sites is 2. The molecule has 1 aliphatic rings. The summed E-state index contributed by atoms with van der Waals surface area (Å²) >= 11 is 0. The molecule has 1 amide bonds. The molecule has 25 heavy (non-hydrogen) atoms. The number of benzene rings is 1. The molecular formula is C18H23N5O2. The summed E-state index contributed by atoms with van der Waals surface area (Å²) in [7, 11) is 1.64. The van der Waals surface area contributed by atoms with E-state index in [4.69, 9.17) is 4.74 Å². The molecule has 0 unspecified atom stereocenters. The summed E-state index contributed by atoms with van der Waals surface area (Å²) in [5.41, 5.74) is 0.857. The molecule has 0 aliphatic carbocycles. The Labute approximate surface area is 147 Å². The number of ether oxygens (including phenoxy) is 1. The molecule has 1 saturated heterocycles. The Morgan fingerprint density at radius 3 is 2.56 bits per heavy atom. The van der Waals surface area contributed by atoms with E-state index in [9.17, 15) is 4.79 Å². The summed E-state index contributed by atoms with van der Waals surface area (Å²) < 4.78 is 5.37. The first-order valence-electron chi connectivity index (χ1n) is 8.33. The number of nitrogens with zero attached hydrogens (tertiary/aromatic N) is 4. The second-order valence-corrected chi connectivity index (χ2v) is 5.98. The van der Waals surface area contributed by atoms with Gasteiger partial charge in [0.05, 0.1) is 12.8 Å². The van der Waals surface area contributed by atoms with E-state index in [0.717, 1.165) is 36.2 Å². The van der Waals surface area contributed by atoms with Crippen LogP contribution in [0.15, 0.2) is 30.3 Å². The fourth-order valence-electron chi connectivity index (χ4n) is 2.91. The van der Waals surface area contributed by atoms with E-state index in [1.165, 1.54) is 0 Å². The maximum Gasteiger partial charge on any atom is 0.219 e. The molecular weight excluding hydrogens is 318 g/mol. The van der Waals surface area contributed by atoms with Gasteiger partial charge in [-0.1, -0.05) is 12.1 Å². The lowest BCUT2D eigenvalue weighted by Gasteiger charge is -2.35. The normalized spacial score (nSPS) is 14.4. The number of anilines is 3. The number of hydrogen-bond donors (Lipinski definition) is 1. The van der Waals surface area contributed by atoms with Crippen LogP contribution in [0.25, 0.3) is 0 Å². The highest BCUT2D eigenvalue weighted by Crippen LogP contribution is 2.27. The Kier molecular flexibility index (Phi) is 5.02. The average Bonchev–Trinajstić information content (AvgIpc) is 2.62. The lowest BCUT2D eigenvalue weighted by molar-refractivity contribution is -0.129. The second kappa shape index (κ2) is 7.38. The van der Waals surface area contributed by atoms with E-state index in [-0.39, 0.29) is 5.91 Å². The maximum atomic E-state index is 11.5. The Hall–Kier alpha value is -2.83. The van der Waals surface area contributed by atoms with Crippen molar-refractivity contribution >= 4 is 23.2 Å². The van der Waals surface area contributed by atoms with Gasteiger partial charge in [-0.3, -0.25) is 4.79 Å². The number of aryl methyl sites for hydroxylation is 1. The predicted molar refractivity (Wildman–Crippen MR) is 97.5 cm³/mol. The smallest absolute Gasteiger partial charge is 0.219 e. The van der Waals surface area contributed by atoms with Gasteiger partial charge in [0, 0.05) is 39.2 Å². The van der Waals surface area contributed by atoms with Crippen LogP contribution in [0.4, 0.5) is 17.3 Å². The number of carbonyl (C=O) groups excluding carboxylic acids is 1. The van der Waals surface area contributed by atoms with Crippen molar-refractivity contribution in [1.29, 1.82) is 0 Å². The number of hydrogen-bond acceptors (Lipinski definition) is 6. The molecule has 2 heterocycles. The molecule has 0 atom stereocenters. The van der Waals surface area contributed by atoms with Crippen LogP contribution in [0.3, 0.4) is 0 Å². The van der Waals surface area contributed by atoms with Gasteiger partial charge in [-0.2, -0.15) is 0 Å². The monoisotopic (exact) mass is 341 g/mol. The number of nitrogens with one attached hydrogen (secondary N) is 1. The Morgan fingerprint density at radius 2 is 1.88 bits per heavy atom. The predicted octanol–water partition coefficient (Wildman–Crippen LogP) is 2.21. The van der Waals surface area contributed by atoms with Crippen LogP contribution in [0.1, 0.15) is 12.7 Å². The second-order valence-electron chi connectivity index (χ2n) is 5.98. The van der Waals surface area contributed by atoms with Gasteiger partial charge in [-0.25, -0.2) is 9.97 Å². The summed E-state index contributed by atoms with van der Waals surface area (Å²) in [4.78, 5) is 24.5. The molecule has 7 heteroatoms. The van der Waals surface area contributed by atoms with Crippen LogP contribution in [0, 0.1) is 6.92 Å². The largest absolute Gasteiger partial charge is 0.495 e. The van der Waals surface area contributed by atoms with Gasteiger partial charge in [0.2, 0.25) is 5.91 Å². The van der Waals surface area contributed by atoms with Crippen molar-refractivity contribution in [3.05, 3.63) is 36.2 Å². The molecule has 2 aromatic rings. The molecule has 3 rings (SSSR count). The molecule has 0 bridgehead atoms. The Balaban J connectivity index is 1.78. The van der Waals surface area contributed by atoms with Gasteiger partial charge in [-0.05, 0) is 19.1 Å². The van der Waals surface area contributed by atoms with Crippen LogP contribution < -0.4 is 15.0 Å². The summed E-state index contributed by atoms with van der Waals surface area (Å²) in [6.07, 6.45) is 0. The van der Waals surface area contributed by atoms with Gasteiger partial charge in [0.15, 0.2) is 0 Å². The first-order valence-corrected chi connectivity index (χ1v) is 8.33. The van der Waals surface area contributed by atoms with Crippen molar-refractivity contribution in [2.75, 3.05) is 43.5 Å². The molecule has 1 aromatic heterocycles. The summed E-state index contributed by atoms with van der Waals surface area (Å²) in [6, 6.07) is 9.65. The van der Waals surface area contributed by atoms with Crippen molar-refractivity contribution in [2.24, 2.45) is 0 Å². The molecule has 1 aromatic carbocycles. The quantitative estimate of drug-likeness (QED) is 0.919. The zero-order chi connectivity index (χ0) is 17.8. The van der Waals surface area contributed by atoms with Crippen molar-refractivity contribution in [3.8, 4) is 5.75 Å². The fourth-order valence-corrected chi connectivity index (χ4v) is 2.91. The van der Waals surface area contributed by atoms with Gasteiger partial charge in [0.25, 0.3) is 0 Å². The van der Waals surface area contributed by atoms with E-state index >= 15 is 0 Å². The SMILES string of the molecule is COc1ccccc1Nc1cc(N2CCN(C(C)=O)CC2)nc(C)n1. The van der Waals surface area contributed by atoms with Crippen molar-refractivity contribution in [3.63, 3.8) is 0 Å². The molecule has 1 N–H and O–H groups in total. The highest BCUT2D eigenvalue weighted by molar-refractivity contribution is 5.73. The molecule has 1 fully saturated rings. The van der Waals surface area contributed by atoms with E-state index in [0.29, 0.717) is 18.9 Å². The highest BCUT2D eigenvalue weighted by Gasteiger charge is 2.20. The number of rotatable bonds is 4. The molecule has 0 spiro atoms. The van der Waals surface area contributed by atoms with E-state index in [1.54, 1.807) is 14.0 Å². The summed E-state index contributed by atoms with van der Waals surface area (Å²) in [5.74, 6) is 3.17. The van der Waals surface area contributed by atoms with Gasteiger partial charge >= 0.3 is 0 Å². The minimum Gasteiger partial charge on any atom is -0.495 e. The van der Waals surface area contributed by atoms with Crippen molar-refractivity contribution in [2.45, 2.75) is 13.8 Å². The minimum absolute atomic E-state index is 0.122. The third-order valence-corrected chi connectivity index (χ3v) is 4.24. The number of amides is 1. The molecule has 0 radical (unpaired) electrons. The number of aromatic nitrogens is 2. The van der Waals surface area contributed by atoms with Gasteiger partial charge in [-0.15, -0.1) is 0 Å². The minimum atomic E-state index is 0.122. The first kappa shape index (κ1) is 17.0. The van der Waals surface area contributed by atoms with E-state index in [2.05, 4.69) is 20.2 Å². The molecule has 1 aliphatic heterocycles. The average molecular weight is 341 g/mol. The van der Waals surface area contributed by atoms with Crippen LogP contribution in [0.5, 0.6) is 5.75 Å². The standard InChI is InChI=1S/C18H23N5O2/c1-13-19-17(21-15-6-4-5-7-16(15)25-3)12-18(20-13)23-10-8-22(9-11-23)14(2)24/h4-7,12H,8-11H2,1-3H3,(H,19,20,21). The lowest BCUT2D eigenvalue weighted by Crippen LogP contribution is -2.48. The summed E-state index contributed by atoms with van der Waals surface area (Å²) in [5, 5.41) is 3.30. The van der Waals surface area contributed by atoms with Crippen LogP contribution in [-0.4, -0.2) is 54.1 Å². The lowest BCUT2D eigenvalue weighted by atomic mass is 10.3. The number of piperazine rings is 1. The van der Waals surface area contributed by atoms with Crippen LogP contribution in [-0.2, 0) is 4.79 Å². The van der Waals surface area contributed by atoms with Crippen molar-refractivity contribution < 1.29 is 9.53 Å². The fraction of sp³-hybridized carbons (Fsp3) is 0.389. The van der Waals surface area contributed by atoms with Crippen LogP contribution in [0.2, 0.25) is 0 Å². The Bertz CT molecular complexity index is 757. The third-order valence-electron chi connectivity index (χ3n) is 4.24. The van der Waals surface area contributed by atoms with Gasteiger partial charge in [0.1, 0.15) is 23.2 Å². The summed E-state index contributed by atoms with van der Waals surface area (Å²) in [6.45, 7) is 6.46. The molecule has 132 valence electrons. The highest BCUT2D eigenvalue weighted by atomic mass is 16.5. The van der Waals surface area contributed by atoms with Crippen molar-refractivity contribution in [1.82, 2.24) is 14.9 Å². The van der Waals surface area contributed by atoms with Gasteiger partial charge < -0.3 is 19.9 Å². The molecule has 0 saturated carbocycles. The molecule has 7 nitrogen and oxygen atoms in total. The zero-order valence-corrected chi connectivity index (χ0v) is 14.8. The topological polar surface area (TPSA) is 70.6 Å². The number of carbonyl (C=O) groups is 1.